The first-order valence-electron chi connectivity index (χ1n) is 11.7. The minimum Gasteiger partial charge on any atom is -0.493 e. The average molecular weight is 562 g/mol. The second-order valence-corrected chi connectivity index (χ2v) is 10.9. The summed E-state index contributed by atoms with van der Waals surface area (Å²) in [6.45, 7) is 2.46. The van der Waals surface area contributed by atoms with Crippen LogP contribution >= 0.6 is 35.3 Å². The standard InChI is InChI=1S/C24H27N5O5S3/c1-33-18-13-16(5-6-17(18)34-15-21(31)26-23-25-8-12-36-23)14-19-22(32)29(24(35)37-19)27-20(30)7-11-28-9-3-2-4-10-28/h5-6,8,12-14H,2-4,7,9-11,15H2,1H3,(H,27,30)(H,25,26,31)/b19-14-. The number of likely N-dealkylation sites (tertiary alicyclic amines) is 1. The van der Waals surface area contributed by atoms with E-state index in [0.717, 1.165) is 42.7 Å². The number of carbonyl (C=O) groups is 3. The number of anilines is 1. The summed E-state index contributed by atoms with van der Waals surface area (Å²) in [5, 5.41) is 6.02. The third kappa shape index (κ3) is 7.51. The first-order chi connectivity index (χ1) is 17.9. The molecule has 1 aromatic carbocycles. The second kappa shape index (κ2) is 13.0. The highest BCUT2D eigenvalue weighted by molar-refractivity contribution is 8.26. The van der Waals surface area contributed by atoms with Crippen LogP contribution in [0, 0.1) is 0 Å². The molecule has 1 aromatic heterocycles. The molecule has 0 spiro atoms. The monoisotopic (exact) mass is 561 g/mol. The number of rotatable bonds is 10. The zero-order chi connectivity index (χ0) is 26.2. The Morgan fingerprint density at radius 2 is 2.00 bits per heavy atom. The number of hydrogen-bond donors (Lipinski definition) is 2. The number of aromatic nitrogens is 1. The molecule has 0 bridgehead atoms. The number of amides is 3. The Kier molecular flexibility index (Phi) is 9.50. The Hall–Kier alpha value is -3.00. The van der Waals surface area contributed by atoms with E-state index in [9.17, 15) is 14.4 Å². The maximum Gasteiger partial charge on any atom is 0.285 e. The fourth-order valence-corrected chi connectivity index (χ4v) is 5.54. The molecule has 0 aliphatic carbocycles. The van der Waals surface area contributed by atoms with E-state index in [0.29, 0.717) is 40.1 Å². The van der Waals surface area contributed by atoms with Gasteiger partial charge in [0.1, 0.15) is 0 Å². The Morgan fingerprint density at radius 3 is 2.73 bits per heavy atom. The van der Waals surface area contributed by atoms with Crippen LogP contribution in [0.15, 0.2) is 34.7 Å². The van der Waals surface area contributed by atoms with Crippen LogP contribution in [-0.2, 0) is 14.4 Å². The molecular weight excluding hydrogens is 534 g/mol. The van der Waals surface area contributed by atoms with Crippen molar-refractivity contribution in [3.63, 3.8) is 0 Å². The molecule has 10 nitrogen and oxygen atoms in total. The molecule has 0 atom stereocenters. The van der Waals surface area contributed by atoms with Gasteiger partial charge in [-0.3, -0.25) is 25.1 Å². The SMILES string of the molecule is COc1cc(/C=C2\SC(=S)N(NC(=O)CCN3CCCCC3)C2=O)ccc1OCC(=O)Nc1nccs1. The largest absolute Gasteiger partial charge is 0.493 e. The molecule has 0 radical (unpaired) electrons. The number of ether oxygens (including phenoxy) is 2. The molecule has 13 heteroatoms. The second-order valence-electron chi connectivity index (χ2n) is 8.29. The van der Waals surface area contributed by atoms with Gasteiger partial charge in [0.25, 0.3) is 11.8 Å². The highest BCUT2D eigenvalue weighted by Gasteiger charge is 2.33. The molecule has 0 unspecified atom stereocenters. The van der Waals surface area contributed by atoms with Crippen molar-refractivity contribution in [1.82, 2.24) is 20.3 Å². The Balaban J connectivity index is 1.33. The van der Waals surface area contributed by atoms with Gasteiger partial charge in [-0.25, -0.2) is 4.98 Å². The molecule has 2 saturated heterocycles. The van der Waals surface area contributed by atoms with E-state index in [1.807, 2.05) is 0 Å². The summed E-state index contributed by atoms with van der Waals surface area (Å²) in [6, 6.07) is 5.09. The first kappa shape index (κ1) is 27.0. The lowest BCUT2D eigenvalue weighted by atomic mass is 10.1. The number of nitrogens with zero attached hydrogens (tertiary/aromatic N) is 3. The van der Waals surface area contributed by atoms with Gasteiger partial charge in [0.15, 0.2) is 27.6 Å². The molecule has 0 saturated carbocycles. The molecular formula is C24H27N5O5S3. The van der Waals surface area contributed by atoms with E-state index in [-0.39, 0.29) is 28.6 Å². The normalized spacial score (nSPS) is 17.2. The zero-order valence-electron chi connectivity index (χ0n) is 20.2. The first-order valence-corrected chi connectivity index (χ1v) is 13.8. The molecule has 2 aliphatic heterocycles. The van der Waals surface area contributed by atoms with E-state index < -0.39 is 0 Å². The predicted molar refractivity (Wildman–Crippen MR) is 147 cm³/mol. The number of carbonyl (C=O) groups excluding carboxylic acids is 3. The summed E-state index contributed by atoms with van der Waals surface area (Å²) < 4.78 is 11.3. The van der Waals surface area contributed by atoms with Crippen LogP contribution in [0.1, 0.15) is 31.2 Å². The van der Waals surface area contributed by atoms with E-state index in [1.165, 1.54) is 24.9 Å². The van der Waals surface area contributed by atoms with Crippen molar-refractivity contribution in [3.8, 4) is 11.5 Å². The third-order valence-corrected chi connectivity index (χ3v) is 7.65. The van der Waals surface area contributed by atoms with Gasteiger partial charge >= 0.3 is 0 Å². The third-order valence-electron chi connectivity index (χ3n) is 5.66. The van der Waals surface area contributed by atoms with Crippen LogP contribution in [0.4, 0.5) is 5.13 Å². The van der Waals surface area contributed by atoms with Crippen LogP contribution in [0.25, 0.3) is 6.08 Å². The molecule has 2 aromatic rings. The van der Waals surface area contributed by atoms with Crippen LogP contribution in [-0.4, -0.2) is 70.3 Å². The molecule has 2 N–H and O–H groups in total. The Bertz CT molecular complexity index is 1180. The average Bonchev–Trinajstić information content (AvgIpc) is 3.50. The number of thiazole rings is 1. The van der Waals surface area contributed by atoms with Crippen LogP contribution in [0.2, 0.25) is 0 Å². The molecule has 3 heterocycles. The fourth-order valence-electron chi connectivity index (χ4n) is 3.82. The van der Waals surface area contributed by atoms with Gasteiger partial charge in [0, 0.05) is 24.5 Å². The molecule has 37 heavy (non-hydrogen) atoms. The fraction of sp³-hybridized carbons (Fsp3) is 0.375. The topological polar surface area (TPSA) is 113 Å². The zero-order valence-corrected chi connectivity index (χ0v) is 22.7. The van der Waals surface area contributed by atoms with E-state index >= 15 is 0 Å². The molecule has 4 rings (SSSR count). The van der Waals surface area contributed by atoms with Crippen LogP contribution < -0.4 is 20.2 Å². The van der Waals surface area contributed by atoms with E-state index in [1.54, 1.807) is 35.9 Å². The maximum absolute atomic E-state index is 12.9. The van der Waals surface area contributed by atoms with Crippen molar-refractivity contribution in [1.29, 1.82) is 0 Å². The van der Waals surface area contributed by atoms with Crippen molar-refractivity contribution in [3.05, 3.63) is 40.2 Å². The van der Waals surface area contributed by atoms with Crippen LogP contribution in [0.5, 0.6) is 11.5 Å². The van der Waals surface area contributed by atoms with Gasteiger partial charge in [0.05, 0.1) is 12.0 Å². The van der Waals surface area contributed by atoms with Gasteiger partial charge in [0.2, 0.25) is 5.91 Å². The van der Waals surface area contributed by atoms with Gasteiger partial charge in [-0.2, -0.15) is 5.01 Å². The summed E-state index contributed by atoms with van der Waals surface area (Å²) in [5.41, 5.74) is 3.31. The van der Waals surface area contributed by atoms with E-state index in [2.05, 4.69) is 20.6 Å². The van der Waals surface area contributed by atoms with Gasteiger partial charge < -0.3 is 14.4 Å². The minimum atomic E-state index is -0.389. The summed E-state index contributed by atoms with van der Waals surface area (Å²) in [6.07, 6.45) is 7.11. The number of hydrogen-bond acceptors (Lipinski definition) is 10. The minimum absolute atomic E-state index is 0.217. The lowest BCUT2D eigenvalue weighted by molar-refractivity contribution is -0.133. The van der Waals surface area contributed by atoms with Gasteiger partial charge in [-0.1, -0.05) is 24.2 Å². The number of benzene rings is 1. The highest BCUT2D eigenvalue weighted by Crippen LogP contribution is 2.34. The van der Waals surface area contributed by atoms with Crippen molar-refractivity contribution < 1.29 is 23.9 Å². The number of hydrazine groups is 1. The predicted octanol–water partition coefficient (Wildman–Crippen LogP) is 3.28. The maximum atomic E-state index is 12.9. The van der Waals surface area contributed by atoms with Crippen LogP contribution in [0.3, 0.4) is 0 Å². The van der Waals surface area contributed by atoms with Crippen molar-refractivity contribution >= 4 is 68.6 Å². The number of methoxy groups -OCH3 is 1. The van der Waals surface area contributed by atoms with Gasteiger partial charge in [-0.05, 0) is 61.9 Å². The number of thioether (sulfide) groups is 1. The summed E-state index contributed by atoms with van der Waals surface area (Å²) >= 11 is 7.75. The molecule has 3 amide bonds. The number of nitrogens with one attached hydrogen (secondary N) is 2. The number of thiocarbonyl (C=S) groups is 1. The van der Waals surface area contributed by atoms with Crippen molar-refractivity contribution in [2.24, 2.45) is 0 Å². The van der Waals surface area contributed by atoms with Crippen molar-refractivity contribution in [2.45, 2.75) is 25.7 Å². The molecule has 196 valence electrons. The molecule has 2 fully saturated rings. The lowest BCUT2D eigenvalue weighted by Crippen LogP contribution is -2.46. The smallest absolute Gasteiger partial charge is 0.285 e. The van der Waals surface area contributed by atoms with Crippen molar-refractivity contribution in [2.75, 3.05) is 38.7 Å². The summed E-state index contributed by atoms with van der Waals surface area (Å²) in [4.78, 5) is 44.1. The Labute approximate surface area is 228 Å². The van der Waals surface area contributed by atoms with Gasteiger partial charge in [-0.15, -0.1) is 11.3 Å². The molecule has 2 aliphatic rings. The Morgan fingerprint density at radius 1 is 1.19 bits per heavy atom. The number of piperidine rings is 1. The summed E-state index contributed by atoms with van der Waals surface area (Å²) in [7, 11) is 1.49. The summed E-state index contributed by atoms with van der Waals surface area (Å²) in [5.74, 6) is -0.202. The van der Waals surface area contributed by atoms with E-state index in [4.69, 9.17) is 21.7 Å². The highest BCUT2D eigenvalue weighted by atomic mass is 32.2. The quantitative estimate of drug-likeness (QED) is 0.333. The lowest BCUT2D eigenvalue weighted by Gasteiger charge is -2.26.